The molecule has 0 bridgehead atoms. The largest absolute Gasteiger partial charge is 0.481 e. The molecule has 35 heavy (non-hydrogen) atoms. The molecular formula is C22H20ClF3N4O4S. The number of thiazole rings is 1. The molecule has 0 aliphatic carbocycles. The third-order valence-corrected chi connectivity index (χ3v) is 6.74. The van der Waals surface area contributed by atoms with Crippen LogP contribution in [0.4, 0.5) is 13.2 Å². The number of halogens is 4. The third kappa shape index (κ3) is 5.49. The fourth-order valence-corrected chi connectivity index (χ4v) is 5.03. The van der Waals surface area contributed by atoms with Crippen LogP contribution < -0.4 is 5.32 Å². The van der Waals surface area contributed by atoms with Crippen molar-refractivity contribution in [2.24, 2.45) is 10.9 Å². The summed E-state index contributed by atoms with van der Waals surface area (Å²) in [5, 5.41) is 14.5. The van der Waals surface area contributed by atoms with E-state index in [0.717, 1.165) is 13.2 Å². The minimum absolute atomic E-state index is 0.00957. The SMILES string of the molecule is COC(=O)C1=C(CN2C[C@H](C(=O)O)CC(F)(F)C2)NC(c2nccs2)=N[C@H]1c1ccc(F)cc1Cl. The summed E-state index contributed by atoms with van der Waals surface area (Å²) in [6.07, 6.45) is 0.779. The van der Waals surface area contributed by atoms with Crippen molar-refractivity contribution < 1.29 is 32.6 Å². The Morgan fingerprint density at radius 2 is 2.17 bits per heavy atom. The normalized spacial score (nSPS) is 22.4. The Kier molecular flexibility index (Phi) is 7.15. The number of aliphatic carboxylic acids is 1. The van der Waals surface area contributed by atoms with Gasteiger partial charge < -0.3 is 15.2 Å². The number of carbonyl (C=O) groups excluding carboxylic acids is 1. The molecular weight excluding hydrogens is 509 g/mol. The van der Waals surface area contributed by atoms with Crippen LogP contribution in [0.5, 0.6) is 0 Å². The van der Waals surface area contributed by atoms with Crippen LogP contribution in [0, 0.1) is 11.7 Å². The maximum atomic E-state index is 14.4. The van der Waals surface area contributed by atoms with Crippen molar-refractivity contribution in [2.45, 2.75) is 18.4 Å². The van der Waals surface area contributed by atoms with E-state index in [2.05, 4.69) is 15.3 Å². The minimum Gasteiger partial charge on any atom is -0.481 e. The van der Waals surface area contributed by atoms with Crippen molar-refractivity contribution in [1.29, 1.82) is 0 Å². The maximum absolute atomic E-state index is 14.4. The summed E-state index contributed by atoms with van der Waals surface area (Å²) in [6, 6.07) is 2.58. The molecule has 0 spiro atoms. The number of ether oxygens (including phenoxy) is 1. The number of nitrogens with one attached hydrogen (secondary N) is 1. The molecule has 1 aromatic carbocycles. The Balaban J connectivity index is 1.80. The van der Waals surface area contributed by atoms with Gasteiger partial charge in [-0.25, -0.2) is 22.9 Å². The van der Waals surface area contributed by atoms with Gasteiger partial charge in [-0.1, -0.05) is 17.7 Å². The summed E-state index contributed by atoms with van der Waals surface area (Å²) in [5.41, 5.74) is 0.472. The molecule has 1 saturated heterocycles. The number of carbonyl (C=O) groups is 2. The van der Waals surface area contributed by atoms with E-state index >= 15 is 0 Å². The van der Waals surface area contributed by atoms with Gasteiger partial charge in [-0.15, -0.1) is 11.3 Å². The Labute approximate surface area is 207 Å². The van der Waals surface area contributed by atoms with Gasteiger partial charge in [0.15, 0.2) is 10.8 Å². The topological polar surface area (TPSA) is 104 Å². The predicted molar refractivity (Wildman–Crippen MR) is 122 cm³/mol. The molecule has 1 fully saturated rings. The van der Waals surface area contributed by atoms with E-state index in [-0.39, 0.29) is 35.2 Å². The number of carboxylic acid groups (broad SMARTS) is 1. The molecule has 8 nitrogen and oxygen atoms in total. The smallest absolute Gasteiger partial charge is 0.338 e. The van der Waals surface area contributed by atoms with E-state index in [1.165, 1.54) is 28.4 Å². The van der Waals surface area contributed by atoms with Crippen LogP contribution in [0.15, 0.2) is 46.0 Å². The molecule has 0 unspecified atom stereocenters. The summed E-state index contributed by atoms with van der Waals surface area (Å²) >= 11 is 7.54. The van der Waals surface area contributed by atoms with Crippen molar-refractivity contribution in [2.75, 3.05) is 26.7 Å². The Morgan fingerprint density at radius 1 is 1.40 bits per heavy atom. The molecule has 3 heterocycles. The number of carboxylic acids is 1. The number of methoxy groups -OCH3 is 1. The first-order valence-corrected chi connectivity index (χ1v) is 11.7. The summed E-state index contributed by atoms with van der Waals surface area (Å²) in [4.78, 5) is 34.4. The highest BCUT2D eigenvalue weighted by Gasteiger charge is 2.44. The Bertz CT molecular complexity index is 1210. The Hall–Kier alpha value is -2.96. The second-order valence-electron chi connectivity index (χ2n) is 8.16. The van der Waals surface area contributed by atoms with Gasteiger partial charge in [0.05, 0.1) is 25.1 Å². The van der Waals surface area contributed by atoms with Gasteiger partial charge in [-0.3, -0.25) is 14.7 Å². The second-order valence-corrected chi connectivity index (χ2v) is 9.46. The number of likely N-dealkylation sites (tertiary alicyclic amines) is 1. The number of hydrogen-bond donors (Lipinski definition) is 2. The quantitative estimate of drug-likeness (QED) is 0.553. The van der Waals surface area contributed by atoms with Gasteiger partial charge in [0.2, 0.25) is 0 Å². The van der Waals surface area contributed by atoms with Crippen molar-refractivity contribution >= 4 is 40.7 Å². The van der Waals surface area contributed by atoms with Gasteiger partial charge in [0.1, 0.15) is 11.9 Å². The van der Waals surface area contributed by atoms with Gasteiger partial charge in [-0.2, -0.15) is 0 Å². The molecule has 0 radical (unpaired) electrons. The van der Waals surface area contributed by atoms with Gasteiger partial charge in [-0.05, 0) is 12.1 Å². The highest BCUT2D eigenvalue weighted by molar-refractivity contribution is 7.11. The number of esters is 1. The van der Waals surface area contributed by atoms with Gasteiger partial charge in [0.25, 0.3) is 5.92 Å². The molecule has 0 saturated carbocycles. The first-order chi connectivity index (χ1) is 16.6. The monoisotopic (exact) mass is 528 g/mol. The molecule has 0 amide bonds. The number of benzene rings is 1. The van der Waals surface area contributed by atoms with Crippen LogP contribution in [0.3, 0.4) is 0 Å². The van der Waals surface area contributed by atoms with E-state index in [0.29, 0.717) is 10.6 Å². The predicted octanol–water partition coefficient (Wildman–Crippen LogP) is 3.50. The van der Waals surface area contributed by atoms with Gasteiger partial charge in [0, 0.05) is 47.4 Å². The lowest BCUT2D eigenvalue weighted by atomic mass is 9.93. The zero-order valence-electron chi connectivity index (χ0n) is 18.3. The van der Waals surface area contributed by atoms with E-state index in [1.54, 1.807) is 11.6 Å². The molecule has 2 aromatic rings. The lowest BCUT2D eigenvalue weighted by Gasteiger charge is -2.37. The molecule has 2 aliphatic rings. The highest BCUT2D eigenvalue weighted by atomic mass is 35.5. The van der Waals surface area contributed by atoms with Crippen LogP contribution in [-0.2, 0) is 14.3 Å². The fraction of sp³-hybridized carbons (Fsp3) is 0.364. The van der Waals surface area contributed by atoms with E-state index in [1.807, 2.05) is 0 Å². The molecule has 2 N–H and O–H groups in total. The zero-order valence-corrected chi connectivity index (χ0v) is 19.9. The van der Waals surface area contributed by atoms with Crippen molar-refractivity contribution in [3.8, 4) is 0 Å². The number of piperidine rings is 1. The van der Waals surface area contributed by atoms with Crippen molar-refractivity contribution in [3.63, 3.8) is 0 Å². The summed E-state index contributed by atoms with van der Waals surface area (Å²) in [7, 11) is 1.16. The van der Waals surface area contributed by atoms with Crippen LogP contribution in [0.1, 0.15) is 23.0 Å². The number of amidine groups is 1. The number of alkyl halides is 2. The first-order valence-electron chi connectivity index (χ1n) is 10.4. The molecule has 4 rings (SSSR count). The average Bonchev–Trinajstić information content (AvgIpc) is 3.32. The van der Waals surface area contributed by atoms with Crippen LogP contribution in [-0.4, -0.2) is 65.4 Å². The number of aromatic nitrogens is 1. The summed E-state index contributed by atoms with van der Waals surface area (Å²) in [5.74, 6) is -6.96. The highest BCUT2D eigenvalue weighted by Crippen LogP contribution is 2.38. The van der Waals surface area contributed by atoms with Crippen LogP contribution >= 0.6 is 22.9 Å². The lowest BCUT2D eigenvalue weighted by Crippen LogP contribution is -2.51. The molecule has 1 aromatic heterocycles. The van der Waals surface area contributed by atoms with E-state index < -0.39 is 48.6 Å². The molecule has 2 atom stereocenters. The van der Waals surface area contributed by atoms with E-state index in [9.17, 15) is 27.9 Å². The summed E-state index contributed by atoms with van der Waals surface area (Å²) in [6.45, 7) is -1.05. The van der Waals surface area contributed by atoms with Crippen molar-refractivity contribution in [3.05, 3.63) is 62.5 Å². The summed E-state index contributed by atoms with van der Waals surface area (Å²) < 4.78 is 47.4. The third-order valence-electron chi connectivity index (χ3n) is 5.63. The van der Waals surface area contributed by atoms with Crippen LogP contribution in [0.2, 0.25) is 5.02 Å². The minimum atomic E-state index is -3.23. The lowest BCUT2D eigenvalue weighted by molar-refractivity contribution is -0.152. The second kappa shape index (κ2) is 9.96. The fourth-order valence-electron chi connectivity index (χ4n) is 4.17. The molecule has 2 aliphatic heterocycles. The first kappa shape index (κ1) is 25.1. The molecule has 186 valence electrons. The average molecular weight is 529 g/mol. The van der Waals surface area contributed by atoms with Crippen LogP contribution in [0.25, 0.3) is 0 Å². The van der Waals surface area contributed by atoms with Gasteiger partial charge >= 0.3 is 11.9 Å². The number of rotatable bonds is 6. The zero-order chi connectivity index (χ0) is 25.3. The van der Waals surface area contributed by atoms with Crippen molar-refractivity contribution in [1.82, 2.24) is 15.2 Å². The number of nitrogens with zero attached hydrogens (tertiary/aromatic N) is 3. The number of hydrogen-bond acceptors (Lipinski definition) is 8. The Morgan fingerprint density at radius 3 is 2.80 bits per heavy atom. The number of aliphatic imine (C=N–C) groups is 1. The van der Waals surface area contributed by atoms with E-state index in [4.69, 9.17) is 16.3 Å². The standard InChI is InChI=1S/C22H20ClF3N4O4S/c1-34-21(33)16-15(9-30-8-11(20(31)32)7-22(25,26)10-30)28-18(19-27-4-5-35-19)29-17(16)13-3-2-12(24)6-14(13)23/h2-6,11,17H,7-10H2,1H3,(H,28,29)(H,31,32)/t11-,17+/m1/s1. The molecule has 13 heteroatoms. The maximum Gasteiger partial charge on any atom is 0.338 e.